The molecular weight excluding hydrogens is 196 g/mol. The van der Waals surface area contributed by atoms with E-state index in [9.17, 15) is 5.11 Å². The van der Waals surface area contributed by atoms with Gasteiger partial charge >= 0.3 is 0 Å². The highest BCUT2D eigenvalue weighted by atomic mass is 32.2. The maximum Gasteiger partial charge on any atom is 0.0828 e. The number of hydrogen-bond acceptors (Lipinski definition) is 3. The minimum Gasteiger partial charge on any atom is -0.388 e. The summed E-state index contributed by atoms with van der Waals surface area (Å²) < 4.78 is 1.89. The second-order valence-corrected chi connectivity index (χ2v) is 4.32. The van der Waals surface area contributed by atoms with Crippen molar-refractivity contribution in [3.8, 4) is 0 Å². The van der Waals surface area contributed by atoms with Crippen molar-refractivity contribution in [2.75, 3.05) is 12.0 Å². The lowest BCUT2D eigenvalue weighted by atomic mass is 10.2. The van der Waals surface area contributed by atoms with Crippen molar-refractivity contribution < 1.29 is 5.11 Å². The van der Waals surface area contributed by atoms with Gasteiger partial charge in [0.05, 0.1) is 12.3 Å². The third-order valence-corrected chi connectivity index (χ3v) is 2.73. The maximum absolute atomic E-state index is 9.77. The Bertz CT molecular complexity index is 262. The number of thioether (sulfide) groups is 1. The first kappa shape index (κ1) is 11.6. The van der Waals surface area contributed by atoms with Crippen LogP contribution in [0, 0.1) is 0 Å². The van der Waals surface area contributed by atoms with E-state index >= 15 is 0 Å². The molecule has 0 saturated heterocycles. The summed E-state index contributed by atoms with van der Waals surface area (Å²) in [4.78, 5) is 0. The van der Waals surface area contributed by atoms with Gasteiger partial charge in [0, 0.05) is 18.3 Å². The Morgan fingerprint density at radius 2 is 2.43 bits per heavy atom. The molecule has 1 N–H and O–H groups in total. The molecule has 0 amide bonds. The third-order valence-electron chi connectivity index (χ3n) is 2.09. The van der Waals surface area contributed by atoms with Crippen molar-refractivity contribution >= 4 is 11.8 Å². The molecule has 0 aromatic carbocycles. The zero-order chi connectivity index (χ0) is 10.4. The Kier molecular flexibility index (Phi) is 5.04. The van der Waals surface area contributed by atoms with E-state index in [4.69, 9.17) is 0 Å². The van der Waals surface area contributed by atoms with Crippen LogP contribution in [0.3, 0.4) is 0 Å². The highest BCUT2D eigenvalue weighted by molar-refractivity contribution is 7.98. The van der Waals surface area contributed by atoms with Gasteiger partial charge in [-0.2, -0.15) is 16.9 Å². The summed E-state index contributed by atoms with van der Waals surface area (Å²) in [6, 6.07) is 0. The number of aromatic nitrogens is 2. The summed E-state index contributed by atoms with van der Waals surface area (Å²) in [5.41, 5.74) is 0.938. The molecule has 0 aliphatic carbocycles. The topological polar surface area (TPSA) is 38.0 Å². The first-order valence-electron chi connectivity index (χ1n) is 4.97. The number of nitrogens with zero attached hydrogens (tertiary/aromatic N) is 2. The molecule has 1 heterocycles. The van der Waals surface area contributed by atoms with E-state index in [0.29, 0.717) is 0 Å². The smallest absolute Gasteiger partial charge is 0.0828 e. The molecule has 4 heteroatoms. The van der Waals surface area contributed by atoms with Crippen LogP contribution in [0.25, 0.3) is 0 Å². The maximum atomic E-state index is 9.77. The molecule has 1 aromatic rings. The van der Waals surface area contributed by atoms with Gasteiger partial charge in [0.2, 0.25) is 0 Å². The van der Waals surface area contributed by atoms with Crippen LogP contribution in [-0.4, -0.2) is 26.9 Å². The molecule has 1 atom stereocenters. The third kappa shape index (κ3) is 3.35. The quantitative estimate of drug-likeness (QED) is 0.788. The van der Waals surface area contributed by atoms with Crippen LogP contribution < -0.4 is 0 Å². The van der Waals surface area contributed by atoms with Crippen LogP contribution in [0.15, 0.2) is 12.4 Å². The Labute approximate surface area is 89.5 Å². The molecule has 1 unspecified atom stereocenters. The summed E-state index contributed by atoms with van der Waals surface area (Å²) in [5.74, 6) is 0.986. The van der Waals surface area contributed by atoms with Crippen LogP contribution in [0.1, 0.15) is 31.4 Å². The number of rotatable bonds is 6. The number of aryl methyl sites for hydroxylation is 1. The number of hydrogen-bond donors (Lipinski definition) is 1. The SMILES string of the molecule is CCCn1cc(C(O)CCSC)cn1. The number of aliphatic hydroxyl groups is 1. The first-order chi connectivity index (χ1) is 6.77. The van der Waals surface area contributed by atoms with E-state index in [1.54, 1.807) is 18.0 Å². The van der Waals surface area contributed by atoms with Crippen molar-refractivity contribution in [3.05, 3.63) is 18.0 Å². The largest absolute Gasteiger partial charge is 0.388 e. The van der Waals surface area contributed by atoms with Crippen molar-refractivity contribution in [2.24, 2.45) is 0 Å². The first-order valence-corrected chi connectivity index (χ1v) is 6.36. The summed E-state index contributed by atoms with van der Waals surface area (Å²) in [7, 11) is 0. The highest BCUT2D eigenvalue weighted by Gasteiger charge is 2.08. The predicted molar refractivity (Wildman–Crippen MR) is 60.5 cm³/mol. The Morgan fingerprint density at radius 3 is 3.07 bits per heavy atom. The molecule has 0 fully saturated rings. The van der Waals surface area contributed by atoms with E-state index in [0.717, 1.165) is 30.7 Å². The standard InChI is InChI=1S/C10H18N2OS/c1-3-5-12-8-9(7-11-12)10(13)4-6-14-2/h7-8,10,13H,3-6H2,1-2H3. The second-order valence-electron chi connectivity index (χ2n) is 3.33. The van der Waals surface area contributed by atoms with E-state index < -0.39 is 0 Å². The van der Waals surface area contributed by atoms with Crippen LogP contribution >= 0.6 is 11.8 Å². The van der Waals surface area contributed by atoms with E-state index in [1.165, 1.54) is 0 Å². The Balaban J connectivity index is 2.48. The van der Waals surface area contributed by atoms with Gasteiger partial charge in [0.25, 0.3) is 0 Å². The molecule has 0 aliphatic rings. The fraction of sp³-hybridized carbons (Fsp3) is 0.700. The van der Waals surface area contributed by atoms with Crippen molar-refractivity contribution in [1.29, 1.82) is 0 Å². The lowest BCUT2D eigenvalue weighted by Crippen LogP contribution is -1.98. The molecule has 3 nitrogen and oxygen atoms in total. The Morgan fingerprint density at radius 1 is 1.64 bits per heavy atom. The fourth-order valence-electron chi connectivity index (χ4n) is 1.30. The van der Waals surface area contributed by atoms with Crippen LogP contribution in [0.5, 0.6) is 0 Å². The second kappa shape index (κ2) is 6.09. The molecule has 0 bridgehead atoms. The lowest BCUT2D eigenvalue weighted by molar-refractivity contribution is 0.175. The number of aliphatic hydroxyl groups excluding tert-OH is 1. The highest BCUT2D eigenvalue weighted by Crippen LogP contribution is 2.17. The van der Waals surface area contributed by atoms with Crippen LogP contribution in [0.4, 0.5) is 0 Å². The molecule has 80 valence electrons. The average Bonchev–Trinajstić information content (AvgIpc) is 2.63. The van der Waals surface area contributed by atoms with Gasteiger partial charge in [0.15, 0.2) is 0 Å². The van der Waals surface area contributed by atoms with Gasteiger partial charge in [0.1, 0.15) is 0 Å². The van der Waals surface area contributed by atoms with Gasteiger partial charge in [-0.05, 0) is 24.9 Å². The zero-order valence-corrected chi connectivity index (χ0v) is 9.63. The van der Waals surface area contributed by atoms with Gasteiger partial charge in [-0.1, -0.05) is 6.92 Å². The van der Waals surface area contributed by atoms with Gasteiger partial charge in [-0.3, -0.25) is 4.68 Å². The van der Waals surface area contributed by atoms with E-state index in [-0.39, 0.29) is 6.10 Å². The molecule has 0 aliphatic heterocycles. The van der Waals surface area contributed by atoms with E-state index in [1.807, 2.05) is 17.1 Å². The minimum atomic E-state index is -0.354. The van der Waals surface area contributed by atoms with Crippen molar-refractivity contribution in [3.63, 3.8) is 0 Å². The van der Waals surface area contributed by atoms with Gasteiger partial charge < -0.3 is 5.11 Å². The molecule has 0 spiro atoms. The van der Waals surface area contributed by atoms with Crippen LogP contribution in [-0.2, 0) is 6.54 Å². The van der Waals surface area contributed by atoms with Crippen LogP contribution in [0.2, 0.25) is 0 Å². The van der Waals surface area contributed by atoms with Crippen molar-refractivity contribution in [2.45, 2.75) is 32.4 Å². The lowest BCUT2D eigenvalue weighted by Gasteiger charge is -2.05. The summed E-state index contributed by atoms with van der Waals surface area (Å²) in [6.07, 6.45) is 7.27. The Hall–Kier alpha value is -0.480. The normalized spacial score (nSPS) is 13.1. The molecule has 14 heavy (non-hydrogen) atoms. The molecule has 0 radical (unpaired) electrons. The van der Waals surface area contributed by atoms with E-state index in [2.05, 4.69) is 12.0 Å². The fourth-order valence-corrected chi connectivity index (χ4v) is 1.76. The summed E-state index contributed by atoms with van der Waals surface area (Å²) >= 11 is 1.75. The molecular formula is C10H18N2OS. The van der Waals surface area contributed by atoms with Crippen molar-refractivity contribution in [1.82, 2.24) is 9.78 Å². The van der Waals surface area contributed by atoms with Gasteiger partial charge in [-0.25, -0.2) is 0 Å². The molecule has 1 rings (SSSR count). The molecule has 1 aromatic heterocycles. The predicted octanol–water partition coefficient (Wildman–Crippen LogP) is 2.08. The average molecular weight is 214 g/mol. The summed E-state index contributed by atoms with van der Waals surface area (Å²) in [6.45, 7) is 3.04. The summed E-state index contributed by atoms with van der Waals surface area (Å²) in [5, 5.41) is 14.0. The molecule has 0 saturated carbocycles. The van der Waals surface area contributed by atoms with Gasteiger partial charge in [-0.15, -0.1) is 0 Å². The zero-order valence-electron chi connectivity index (χ0n) is 8.81. The monoisotopic (exact) mass is 214 g/mol. The minimum absolute atomic E-state index is 0.354.